The largest absolute Gasteiger partial charge is 1.00 e. The maximum atomic E-state index is 9.55. The average molecular weight is 286 g/mol. The van der Waals surface area contributed by atoms with Gasteiger partial charge in [0.15, 0.2) is 0 Å². The van der Waals surface area contributed by atoms with Crippen LogP contribution in [0.2, 0.25) is 0 Å². The zero-order chi connectivity index (χ0) is 13.9. The van der Waals surface area contributed by atoms with Crippen LogP contribution in [0.5, 0.6) is 0 Å². The molecule has 0 atom stereocenters. The molecule has 0 spiro atoms. The van der Waals surface area contributed by atoms with Crippen LogP contribution in [0, 0.1) is 0 Å². The number of rotatable bonds is 6. The van der Waals surface area contributed by atoms with Crippen molar-refractivity contribution in [1.29, 1.82) is 0 Å². The number of carboxylic acid groups (broad SMARTS) is 2. The Bertz CT molecular complexity index is 235. The van der Waals surface area contributed by atoms with Gasteiger partial charge in [0.25, 0.3) is 0 Å². The molecule has 0 aliphatic rings. The third kappa shape index (κ3) is 12.7. The molecule has 2 N–H and O–H groups in total. The molecule has 0 fully saturated rings. The fraction of sp³-hybridized carbons (Fsp3) is 0.667. The summed E-state index contributed by atoms with van der Waals surface area (Å²) in [6.45, 7) is 14.2. The molecular formula is C12H25KNO4+. The maximum absolute atomic E-state index is 9.55. The van der Waals surface area contributed by atoms with E-state index in [0.29, 0.717) is 12.2 Å². The van der Waals surface area contributed by atoms with Gasteiger partial charge in [-0.25, -0.2) is 9.59 Å². The molecule has 0 amide bonds. The first kappa shape index (κ1) is 23.4. The number of nitrogens with zero attached hydrogens (tertiary/aromatic N) is 1. The molecule has 0 aromatic heterocycles. The zero-order valence-electron chi connectivity index (χ0n) is 13.1. The quantitative estimate of drug-likeness (QED) is 0.362. The molecular weight excluding hydrogens is 261 g/mol. The van der Waals surface area contributed by atoms with Crippen molar-refractivity contribution in [2.24, 2.45) is 0 Å². The minimum atomic E-state index is -1.26. The molecule has 5 nitrogen and oxygen atoms in total. The smallest absolute Gasteiger partial charge is 1.00 e. The van der Waals surface area contributed by atoms with E-state index in [1.54, 1.807) is 0 Å². The normalized spacial score (nSPS) is 10.2. The van der Waals surface area contributed by atoms with Crippen LogP contribution in [0.15, 0.2) is 12.2 Å². The van der Waals surface area contributed by atoms with Crippen molar-refractivity contribution < 1.29 is 77.1 Å². The fourth-order valence-corrected chi connectivity index (χ4v) is 1.48. The van der Waals surface area contributed by atoms with Gasteiger partial charge in [-0.1, -0.05) is 0 Å². The van der Waals surface area contributed by atoms with Gasteiger partial charge in [-0.15, -0.1) is 0 Å². The molecule has 0 aliphatic carbocycles. The number of carboxylic acids is 2. The van der Waals surface area contributed by atoms with Crippen LogP contribution < -0.4 is 51.4 Å². The summed E-state index contributed by atoms with van der Waals surface area (Å²) in [5.41, 5.74) is 0. The summed E-state index contributed by atoms with van der Waals surface area (Å²) >= 11 is 0. The molecule has 0 rings (SSSR count). The number of aliphatic carboxylic acids is 2. The first-order valence-electron chi connectivity index (χ1n) is 5.86. The van der Waals surface area contributed by atoms with Gasteiger partial charge >= 0.3 is 63.3 Å². The van der Waals surface area contributed by atoms with E-state index in [4.69, 9.17) is 10.2 Å². The predicted molar refractivity (Wildman–Crippen MR) is 67.9 cm³/mol. The van der Waals surface area contributed by atoms with Crippen molar-refractivity contribution in [1.82, 2.24) is 0 Å². The van der Waals surface area contributed by atoms with Gasteiger partial charge in [-0.2, -0.15) is 0 Å². The third-order valence-corrected chi connectivity index (χ3v) is 3.05. The van der Waals surface area contributed by atoms with E-state index in [1.165, 1.54) is 30.7 Å². The topological polar surface area (TPSA) is 74.6 Å². The second kappa shape index (κ2) is 13.7. The minimum Gasteiger partial charge on any atom is -1.00 e. The van der Waals surface area contributed by atoms with Crippen molar-refractivity contribution in [3.05, 3.63) is 12.2 Å². The Kier molecular flexibility index (Phi) is 17.8. The third-order valence-electron chi connectivity index (χ3n) is 3.05. The van der Waals surface area contributed by atoms with E-state index in [2.05, 4.69) is 27.7 Å². The molecule has 0 heterocycles. The molecule has 18 heavy (non-hydrogen) atoms. The number of hydrogen-bond donors (Lipinski definition) is 2. The summed E-state index contributed by atoms with van der Waals surface area (Å²) in [5, 5.41) is 15.6. The Morgan fingerprint density at radius 1 is 0.889 bits per heavy atom. The monoisotopic (exact) mass is 286 g/mol. The Balaban J connectivity index is -0.000000108. The SMILES string of the molecule is CC[N+](CC)(CC)CC.O=C(O)/C=C/C(=O)O.[H-].[K+]. The number of hydrogen-bond acceptors (Lipinski definition) is 2. The molecule has 0 aromatic carbocycles. The molecule has 6 heteroatoms. The van der Waals surface area contributed by atoms with Crippen LogP contribution in [-0.4, -0.2) is 52.8 Å². The van der Waals surface area contributed by atoms with Crippen molar-refractivity contribution in [3.8, 4) is 0 Å². The van der Waals surface area contributed by atoms with Gasteiger partial charge in [0, 0.05) is 12.2 Å². The Labute approximate surface area is 153 Å². The maximum Gasteiger partial charge on any atom is 1.00 e. The van der Waals surface area contributed by atoms with E-state index < -0.39 is 11.9 Å². The second-order valence-corrected chi connectivity index (χ2v) is 3.62. The number of quaternary nitrogens is 1. The first-order valence-corrected chi connectivity index (χ1v) is 5.86. The van der Waals surface area contributed by atoms with Gasteiger partial charge in [-0.05, 0) is 27.7 Å². The van der Waals surface area contributed by atoms with E-state index in [1.807, 2.05) is 0 Å². The Morgan fingerprint density at radius 2 is 1.11 bits per heavy atom. The van der Waals surface area contributed by atoms with Gasteiger partial charge < -0.3 is 16.1 Å². The van der Waals surface area contributed by atoms with Crippen LogP contribution in [-0.2, 0) is 9.59 Å². The van der Waals surface area contributed by atoms with E-state index in [-0.39, 0.29) is 52.8 Å². The summed E-state index contributed by atoms with van der Waals surface area (Å²) in [6, 6.07) is 0. The van der Waals surface area contributed by atoms with Crippen LogP contribution in [0.3, 0.4) is 0 Å². The molecule has 0 aliphatic heterocycles. The predicted octanol–water partition coefficient (Wildman–Crippen LogP) is -1.29. The Morgan fingerprint density at radius 3 is 1.17 bits per heavy atom. The number of carbonyl (C=O) groups is 2. The average Bonchev–Trinajstić information content (AvgIpc) is 2.31. The molecule has 102 valence electrons. The minimum absolute atomic E-state index is 0. The van der Waals surface area contributed by atoms with E-state index in [0.717, 1.165) is 0 Å². The van der Waals surface area contributed by atoms with E-state index >= 15 is 0 Å². The van der Waals surface area contributed by atoms with Gasteiger partial charge in [0.05, 0.1) is 26.2 Å². The molecule has 0 saturated carbocycles. The molecule has 0 unspecified atom stereocenters. The van der Waals surface area contributed by atoms with Crippen LogP contribution in [0.1, 0.15) is 29.1 Å². The van der Waals surface area contributed by atoms with Crippen molar-refractivity contribution in [2.45, 2.75) is 27.7 Å². The van der Waals surface area contributed by atoms with E-state index in [9.17, 15) is 9.59 Å². The summed E-state index contributed by atoms with van der Waals surface area (Å²) in [6.07, 6.45) is 1.12. The van der Waals surface area contributed by atoms with Crippen molar-refractivity contribution in [3.63, 3.8) is 0 Å². The zero-order valence-corrected chi connectivity index (χ0v) is 15.3. The van der Waals surface area contributed by atoms with Crippen LogP contribution in [0.25, 0.3) is 0 Å². The second-order valence-electron chi connectivity index (χ2n) is 3.62. The Hall–Kier alpha value is 0.276. The van der Waals surface area contributed by atoms with Crippen molar-refractivity contribution in [2.75, 3.05) is 26.2 Å². The summed E-state index contributed by atoms with van der Waals surface area (Å²) in [4.78, 5) is 19.1. The fourth-order valence-electron chi connectivity index (χ4n) is 1.48. The van der Waals surface area contributed by atoms with Crippen LogP contribution >= 0.6 is 0 Å². The standard InChI is InChI=1S/C8H20N.C4H4O4.K.H/c1-5-9(6-2,7-3)8-4;5-3(6)1-2-4(7)8;;/h5-8H2,1-4H3;1-2H,(H,5,6)(H,7,8);;/q+1;;+1;-1/b;2-1+;;. The van der Waals surface area contributed by atoms with Crippen molar-refractivity contribution >= 4 is 11.9 Å². The molecule has 0 saturated heterocycles. The first-order chi connectivity index (χ1) is 7.87. The molecule has 0 radical (unpaired) electrons. The van der Waals surface area contributed by atoms with Gasteiger partial charge in [-0.3, -0.25) is 0 Å². The summed E-state index contributed by atoms with van der Waals surface area (Å²) in [5.74, 6) is -2.51. The van der Waals surface area contributed by atoms with Gasteiger partial charge in [0.1, 0.15) is 0 Å². The molecule has 0 bridgehead atoms. The van der Waals surface area contributed by atoms with Gasteiger partial charge in [0.2, 0.25) is 0 Å². The van der Waals surface area contributed by atoms with Crippen LogP contribution in [0.4, 0.5) is 0 Å². The summed E-state index contributed by atoms with van der Waals surface area (Å²) in [7, 11) is 0. The molecule has 0 aromatic rings. The summed E-state index contributed by atoms with van der Waals surface area (Å²) < 4.78 is 1.28.